The highest BCUT2D eigenvalue weighted by Gasteiger charge is 2.41. The van der Waals surface area contributed by atoms with Gasteiger partial charge in [-0.3, -0.25) is 0 Å². The normalized spacial score (nSPS) is 25.3. The van der Waals surface area contributed by atoms with Gasteiger partial charge in [-0.2, -0.15) is 4.31 Å². The van der Waals surface area contributed by atoms with Gasteiger partial charge in [-0.15, -0.1) is 0 Å². The fraction of sp³-hybridized carbons (Fsp3) is 0.571. The summed E-state index contributed by atoms with van der Waals surface area (Å²) in [5.74, 6) is 0.109. The van der Waals surface area contributed by atoms with Crippen LogP contribution in [0.4, 0.5) is 0 Å². The standard InChI is InChI=1S/C21H30N4O3S/c1-21(8-10-28-11-9-21)15-22-19-13-25(12-18(19)17-6-4-3-5-7-17)29(26,27)20-14-24(2)16-23-20/h3-7,14,16,18-19,22H,8-13,15H2,1-2H3/t18-,19+/m1/s1. The van der Waals surface area contributed by atoms with Gasteiger partial charge in [0.1, 0.15) is 0 Å². The first-order chi connectivity index (χ1) is 13.9. The van der Waals surface area contributed by atoms with Crippen molar-refractivity contribution in [2.75, 3.05) is 32.8 Å². The van der Waals surface area contributed by atoms with Gasteiger partial charge in [-0.05, 0) is 23.8 Å². The number of hydrogen-bond donors (Lipinski definition) is 1. The number of aryl methyl sites for hydroxylation is 1. The van der Waals surface area contributed by atoms with Crippen molar-refractivity contribution in [3.8, 4) is 0 Å². The molecule has 2 aliphatic rings. The van der Waals surface area contributed by atoms with Gasteiger partial charge < -0.3 is 14.6 Å². The molecular weight excluding hydrogens is 388 g/mol. The summed E-state index contributed by atoms with van der Waals surface area (Å²) in [5, 5.41) is 3.83. The third kappa shape index (κ3) is 4.40. The van der Waals surface area contributed by atoms with Crippen LogP contribution in [0, 0.1) is 5.41 Å². The van der Waals surface area contributed by atoms with Gasteiger partial charge in [0, 0.05) is 58.1 Å². The lowest BCUT2D eigenvalue weighted by molar-refractivity contribution is 0.0229. The summed E-state index contributed by atoms with van der Waals surface area (Å²) in [6, 6.07) is 10.3. The molecule has 0 unspecified atom stereocenters. The van der Waals surface area contributed by atoms with E-state index in [1.165, 1.54) is 11.9 Å². The molecule has 2 aliphatic heterocycles. The first-order valence-corrected chi connectivity index (χ1v) is 11.7. The molecule has 2 saturated heterocycles. The van der Waals surface area contributed by atoms with E-state index in [9.17, 15) is 8.42 Å². The zero-order valence-electron chi connectivity index (χ0n) is 17.1. The minimum Gasteiger partial charge on any atom is -0.381 e. The van der Waals surface area contributed by atoms with Crippen molar-refractivity contribution in [2.24, 2.45) is 12.5 Å². The molecule has 1 N–H and O–H groups in total. The van der Waals surface area contributed by atoms with E-state index in [0.717, 1.165) is 32.6 Å². The third-order valence-corrected chi connectivity index (χ3v) is 8.01. The summed E-state index contributed by atoms with van der Waals surface area (Å²) >= 11 is 0. The van der Waals surface area contributed by atoms with E-state index >= 15 is 0 Å². The number of rotatable bonds is 6. The van der Waals surface area contributed by atoms with Crippen molar-refractivity contribution in [1.82, 2.24) is 19.2 Å². The van der Waals surface area contributed by atoms with Crippen molar-refractivity contribution in [3.05, 3.63) is 48.4 Å². The Hall–Kier alpha value is -1.74. The van der Waals surface area contributed by atoms with Crippen LogP contribution in [0.25, 0.3) is 0 Å². The molecule has 8 heteroatoms. The molecule has 2 fully saturated rings. The highest BCUT2D eigenvalue weighted by atomic mass is 32.2. The number of hydrogen-bond acceptors (Lipinski definition) is 5. The van der Waals surface area contributed by atoms with Crippen LogP contribution < -0.4 is 5.32 Å². The molecule has 3 heterocycles. The molecule has 0 radical (unpaired) electrons. The fourth-order valence-corrected chi connectivity index (χ4v) is 5.74. The Morgan fingerprint density at radius 2 is 1.93 bits per heavy atom. The van der Waals surface area contributed by atoms with Crippen LogP contribution in [-0.4, -0.2) is 61.2 Å². The zero-order chi connectivity index (χ0) is 20.5. The number of aromatic nitrogens is 2. The quantitative estimate of drug-likeness (QED) is 0.776. The molecule has 1 aromatic carbocycles. The van der Waals surface area contributed by atoms with Gasteiger partial charge in [0.15, 0.2) is 5.03 Å². The molecule has 0 amide bonds. The van der Waals surface area contributed by atoms with Crippen molar-refractivity contribution in [1.29, 1.82) is 0 Å². The average molecular weight is 419 g/mol. The Labute approximate surface area is 173 Å². The van der Waals surface area contributed by atoms with Crippen molar-refractivity contribution in [2.45, 2.75) is 36.8 Å². The second-order valence-corrected chi connectivity index (χ2v) is 10.5. The van der Waals surface area contributed by atoms with E-state index < -0.39 is 10.0 Å². The Bertz CT molecular complexity index is 922. The van der Waals surface area contributed by atoms with Crippen LogP contribution in [0.2, 0.25) is 0 Å². The molecule has 0 spiro atoms. The van der Waals surface area contributed by atoms with Crippen molar-refractivity contribution >= 4 is 10.0 Å². The van der Waals surface area contributed by atoms with Gasteiger partial charge in [0.25, 0.3) is 10.0 Å². The van der Waals surface area contributed by atoms with Gasteiger partial charge in [0.2, 0.25) is 0 Å². The minimum absolute atomic E-state index is 0.0653. The lowest BCUT2D eigenvalue weighted by Gasteiger charge is -2.35. The van der Waals surface area contributed by atoms with Gasteiger partial charge in [-0.1, -0.05) is 37.3 Å². The van der Waals surface area contributed by atoms with E-state index in [1.807, 2.05) is 18.2 Å². The monoisotopic (exact) mass is 418 g/mol. The minimum atomic E-state index is -3.61. The van der Waals surface area contributed by atoms with Gasteiger partial charge in [-0.25, -0.2) is 13.4 Å². The maximum atomic E-state index is 13.1. The van der Waals surface area contributed by atoms with Crippen LogP contribution in [0.3, 0.4) is 0 Å². The van der Waals surface area contributed by atoms with Crippen LogP contribution in [0.15, 0.2) is 47.9 Å². The molecule has 0 bridgehead atoms. The summed E-state index contributed by atoms with van der Waals surface area (Å²) in [7, 11) is -1.83. The first-order valence-electron chi connectivity index (χ1n) is 10.2. The SMILES string of the molecule is Cn1cnc(S(=O)(=O)N2C[C@H](NCC3(C)CCOCC3)[C@@H](c3ccccc3)C2)c1. The van der Waals surface area contributed by atoms with E-state index in [-0.39, 0.29) is 22.4 Å². The summed E-state index contributed by atoms with van der Waals surface area (Å²) in [4.78, 5) is 4.08. The van der Waals surface area contributed by atoms with Gasteiger partial charge >= 0.3 is 0 Å². The first kappa shape index (κ1) is 20.5. The number of imidazole rings is 1. The molecule has 29 heavy (non-hydrogen) atoms. The maximum Gasteiger partial charge on any atom is 0.262 e. The summed E-state index contributed by atoms with van der Waals surface area (Å²) in [5.41, 5.74) is 1.35. The molecular formula is C21H30N4O3S. The molecule has 2 atom stereocenters. The lowest BCUT2D eigenvalue weighted by Crippen LogP contribution is -2.44. The Morgan fingerprint density at radius 1 is 1.21 bits per heavy atom. The highest BCUT2D eigenvalue weighted by Crippen LogP contribution is 2.33. The Morgan fingerprint density at radius 3 is 2.59 bits per heavy atom. The van der Waals surface area contributed by atoms with E-state index in [1.54, 1.807) is 22.1 Å². The summed E-state index contributed by atoms with van der Waals surface area (Å²) < 4.78 is 35.1. The van der Waals surface area contributed by atoms with Crippen LogP contribution >= 0.6 is 0 Å². The average Bonchev–Trinajstić information content (AvgIpc) is 3.35. The van der Waals surface area contributed by atoms with E-state index in [2.05, 4.69) is 29.4 Å². The molecule has 2 aromatic rings. The van der Waals surface area contributed by atoms with Crippen molar-refractivity contribution < 1.29 is 13.2 Å². The smallest absolute Gasteiger partial charge is 0.262 e. The second-order valence-electron chi connectivity index (χ2n) is 8.63. The van der Waals surface area contributed by atoms with E-state index in [4.69, 9.17) is 4.74 Å². The molecule has 1 aromatic heterocycles. The molecule has 158 valence electrons. The predicted molar refractivity (Wildman–Crippen MR) is 111 cm³/mol. The van der Waals surface area contributed by atoms with E-state index in [0.29, 0.717) is 13.1 Å². The number of benzene rings is 1. The molecule has 0 aliphatic carbocycles. The van der Waals surface area contributed by atoms with Crippen molar-refractivity contribution in [3.63, 3.8) is 0 Å². The third-order valence-electron chi connectivity index (χ3n) is 6.29. The molecule has 0 saturated carbocycles. The number of sulfonamides is 1. The van der Waals surface area contributed by atoms with Crippen LogP contribution in [0.1, 0.15) is 31.2 Å². The number of nitrogens with zero attached hydrogens (tertiary/aromatic N) is 3. The summed E-state index contributed by atoms with van der Waals surface area (Å²) in [6.45, 7) is 5.65. The Balaban J connectivity index is 1.54. The molecule has 4 rings (SSSR count). The summed E-state index contributed by atoms with van der Waals surface area (Å²) in [6.07, 6.45) is 5.15. The topological polar surface area (TPSA) is 76.5 Å². The number of nitrogens with one attached hydrogen (secondary N) is 1. The van der Waals surface area contributed by atoms with Crippen LogP contribution in [0.5, 0.6) is 0 Å². The highest BCUT2D eigenvalue weighted by molar-refractivity contribution is 7.89. The zero-order valence-corrected chi connectivity index (χ0v) is 17.9. The fourth-order valence-electron chi connectivity index (χ4n) is 4.28. The maximum absolute atomic E-state index is 13.1. The Kier molecular flexibility index (Phi) is 5.79. The largest absolute Gasteiger partial charge is 0.381 e. The lowest BCUT2D eigenvalue weighted by atomic mass is 9.82. The predicted octanol–water partition coefficient (Wildman–Crippen LogP) is 1.98. The van der Waals surface area contributed by atoms with Gasteiger partial charge in [0.05, 0.1) is 6.33 Å². The van der Waals surface area contributed by atoms with Crippen LogP contribution in [-0.2, 0) is 21.8 Å². The molecule has 7 nitrogen and oxygen atoms in total. The number of ether oxygens (including phenoxy) is 1. The second kappa shape index (κ2) is 8.18.